The van der Waals surface area contributed by atoms with Crippen LogP contribution < -0.4 is 5.32 Å². The Morgan fingerprint density at radius 2 is 1.94 bits per heavy atom. The number of aliphatic carboxylic acids is 1. The van der Waals surface area contributed by atoms with E-state index >= 15 is 0 Å². The minimum Gasteiger partial charge on any atom is -0.481 e. The lowest BCUT2D eigenvalue weighted by molar-refractivity contribution is -0.138. The fourth-order valence-corrected chi connectivity index (χ4v) is 4.62. The van der Waals surface area contributed by atoms with Crippen molar-refractivity contribution in [2.75, 3.05) is 6.61 Å². The topological polar surface area (TPSA) is 110 Å². The Morgan fingerprint density at radius 1 is 1.16 bits per heavy atom. The van der Waals surface area contributed by atoms with Gasteiger partial charge in [-0.05, 0) is 57.8 Å². The van der Waals surface area contributed by atoms with Gasteiger partial charge in [-0.25, -0.2) is 0 Å². The zero-order valence-electron chi connectivity index (χ0n) is 20.2. The number of unbranched alkanes of at least 4 members (excludes halogenated alkanes) is 3. The maximum absolute atomic E-state index is 11.3. The quantitative estimate of drug-likeness (QED) is 0.176. The third-order valence-corrected chi connectivity index (χ3v) is 6.46. The Hall–Kier alpha value is -1.21. The van der Waals surface area contributed by atoms with Crippen molar-refractivity contribution < 1.29 is 25.2 Å². The molecule has 0 spiro atoms. The minimum absolute atomic E-state index is 0.181. The number of carboxylic acid groups (broad SMARTS) is 1. The largest absolute Gasteiger partial charge is 0.481 e. The van der Waals surface area contributed by atoms with Crippen molar-refractivity contribution >= 4 is 5.97 Å². The molecule has 5 atom stereocenters. The summed E-state index contributed by atoms with van der Waals surface area (Å²) in [6, 6.07) is 0.653. The Labute approximate surface area is 194 Å². The molecule has 1 rings (SSSR count). The number of aliphatic hydroxyl groups excluding tert-OH is 3. The number of rotatable bonds is 16. The van der Waals surface area contributed by atoms with Gasteiger partial charge >= 0.3 is 5.97 Å². The summed E-state index contributed by atoms with van der Waals surface area (Å²) >= 11 is 0. The van der Waals surface area contributed by atoms with E-state index < -0.39 is 18.2 Å². The van der Waals surface area contributed by atoms with Gasteiger partial charge in [-0.2, -0.15) is 0 Å². The molecule has 1 aliphatic heterocycles. The molecular formula is C26H47NO5. The van der Waals surface area contributed by atoms with E-state index in [2.05, 4.69) is 19.2 Å². The second-order valence-electron chi connectivity index (χ2n) is 9.52. The summed E-state index contributed by atoms with van der Waals surface area (Å²) in [6.07, 6.45) is 15.9. The van der Waals surface area contributed by atoms with E-state index in [0.717, 1.165) is 76.2 Å². The average molecular weight is 454 g/mol. The summed E-state index contributed by atoms with van der Waals surface area (Å²) in [6.45, 7) is 4.06. The van der Waals surface area contributed by atoms with Gasteiger partial charge in [-0.1, -0.05) is 62.8 Å². The number of carboxylic acids is 1. The van der Waals surface area contributed by atoms with E-state index in [1.54, 1.807) is 6.08 Å². The van der Waals surface area contributed by atoms with Gasteiger partial charge in [0.2, 0.25) is 0 Å². The lowest BCUT2D eigenvalue weighted by Crippen LogP contribution is -2.40. The van der Waals surface area contributed by atoms with Crippen LogP contribution >= 0.6 is 0 Å². The van der Waals surface area contributed by atoms with E-state index in [-0.39, 0.29) is 25.0 Å². The number of allylic oxidation sites excluding steroid dienone is 2. The summed E-state index contributed by atoms with van der Waals surface area (Å²) in [4.78, 5) is 11.3. The molecule has 1 fully saturated rings. The molecule has 0 aromatic rings. The molecule has 0 bridgehead atoms. The van der Waals surface area contributed by atoms with Crippen LogP contribution in [0.1, 0.15) is 97.3 Å². The van der Waals surface area contributed by atoms with Crippen LogP contribution in [0.3, 0.4) is 0 Å². The lowest BCUT2D eigenvalue weighted by Gasteiger charge is -2.26. The number of aliphatic hydroxyl groups is 3. The molecule has 32 heavy (non-hydrogen) atoms. The average Bonchev–Trinajstić information content (AvgIpc) is 2.91. The summed E-state index contributed by atoms with van der Waals surface area (Å²) in [5, 5.41) is 42.1. The molecule has 5 N–H and O–H groups in total. The van der Waals surface area contributed by atoms with Crippen LogP contribution in [-0.4, -0.2) is 57.3 Å². The van der Waals surface area contributed by atoms with Crippen molar-refractivity contribution in [3.05, 3.63) is 23.8 Å². The highest BCUT2D eigenvalue weighted by molar-refractivity contribution is 5.67. The first kappa shape index (κ1) is 28.8. The molecule has 0 aromatic heterocycles. The van der Waals surface area contributed by atoms with Crippen LogP contribution in [0.4, 0.5) is 0 Å². The second-order valence-corrected chi connectivity index (χ2v) is 9.52. The molecule has 6 nitrogen and oxygen atoms in total. The van der Waals surface area contributed by atoms with Gasteiger partial charge in [0.1, 0.15) is 0 Å². The van der Waals surface area contributed by atoms with Crippen LogP contribution in [0.2, 0.25) is 0 Å². The van der Waals surface area contributed by atoms with Crippen molar-refractivity contribution in [2.24, 2.45) is 5.92 Å². The van der Waals surface area contributed by atoms with Crippen LogP contribution in [0, 0.1) is 5.92 Å². The molecule has 1 saturated heterocycles. The van der Waals surface area contributed by atoms with Gasteiger partial charge in [-0.3, -0.25) is 4.79 Å². The molecule has 186 valence electrons. The minimum atomic E-state index is -0.770. The molecule has 1 aliphatic rings. The highest BCUT2D eigenvalue weighted by atomic mass is 16.4. The van der Waals surface area contributed by atoms with E-state index in [0.29, 0.717) is 12.5 Å². The van der Waals surface area contributed by atoms with Gasteiger partial charge in [0.25, 0.3) is 0 Å². The molecular weight excluding hydrogens is 406 g/mol. The molecule has 5 unspecified atom stereocenters. The maximum atomic E-state index is 11.3. The second kappa shape index (κ2) is 17.3. The predicted octanol–water partition coefficient (Wildman–Crippen LogP) is 4.34. The Bertz CT molecular complexity index is 562. The SMILES string of the molecule is CCCCCC(O)C=CC=C(CCCCC1NC(C)CCCC1CC(=O)O)CC(O)CO. The monoisotopic (exact) mass is 453 g/mol. The third-order valence-electron chi connectivity index (χ3n) is 6.46. The van der Waals surface area contributed by atoms with E-state index in [4.69, 9.17) is 0 Å². The van der Waals surface area contributed by atoms with Crippen molar-refractivity contribution in [2.45, 2.75) is 122 Å². The third kappa shape index (κ3) is 13.4. The fraction of sp³-hybridized carbons (Fsp3) is 0.808. The molecule has 0 saturated carbocycles. The molecule has 0 amide bonds. The van der Waals surface area contributed by atoms with Gasteiger partial charge in [-0.15, -0.1) is 0 Å². The van der Waals surface area contributed by atoms with Crippen molar-refractivity contribution in [3.8, 4) is 0 Å². The highest BCUT2D eigenvalue weighted by Crippen LogP contribution is 2.26. The van der Waals surface area contributed by atoms with Crippen LogP contribution in [0.5, 0.6) is 0 Å². The van der Waals surface area contributed by atoms with Crippen molar-refractivity contribution in [3.63, 3.8) is 0 Å². The highest BCUT2D eigenvalue weighted by Gasteiger charge is 2.27. The molecule has 1 heterocycles. The van der Waals surface area contributed by atoms with Gasteiger partial charge < -0.3 is 25.7 Å². The zero-order valence-corrected chi connectivity index (χ0v) is 20.2. The zero-order chi connectivity index (χ0) is 23.8. The van der Waals surface area contributed by atoms with Crippen molar-refractivity contribution in [1.29, 1.82) is 0 Å². The van der Waals surface area contributed by atoms with E-state index in [1.165, 1.54) is 0 Å². The fourth-order valence-electron chi connectivity index (χ4n) is 4.62. The number of nitrogens with one attached hydrogen (secondary N) is 1. The Morgan fingerprint density at radius 3 is 2.62 bits per heavy atom. The lowest BCUT2D eigenvalue weighted by atomic mass is 9.88. The Balaban J connectivity index is 2.57. The summed E-state index contributed by atoms with van der Waals surface area (Å²) in [5.74, 6) is -0.538. The summed E-state index contributed by atoms with van der Waals surface area (Å²) < 4.78 is 0. The Kier molecular flexibility index (Phi) is 15.6. The van der Waals surface area contributed by atoms with Gasteiger partial charge in [0, 0.05) is 18.5 Å². The molecule has 0 aliphatic carbocycles. The molecule has 6 heteroatoms. The van der Waals surface area contributed by atoms with E-state index in [1.807, 2.05) is 12.2 Å². The number of hydrogen-bond donors (Lipinski definition) is 5. The normalized spacial score (nSPS) is 24.4. The number of carbonyl (C=O) groups is 1. The molecule has 0 radical (unpaired) electrons. The van der Waals surface area contributed by atoms with Crippen LogP contribution in [-0.2, 0) is 4.79 Å². The van der Waals surface area contributed by atoms with Gasteiger partial charge in [0.05, 0.1) is 18.8 Å². The van der Waals surface area contributed by atoms with Gasteiger partial charge in [0.15, 0.2) is 0 Å². The summed E-state index contributed by atoms with van der Waals surface area (Å²) in [7, 11) is 0. The smallest absolute Gasteiger partial charge is 0.303 e. The summed E-state index contributed by atoms with van der Waals surface area (Å²) in [5.41, 5.74) is 1.06. The first-order valence-electron chi connectivity index (χ1n) is 12.7. The number of hydrogen-bond acceptors (Lipinski definition) is 5. The molecule has 0 aromatic carbocycles. The van der Waals surface area contributed by atoms with E-state index in [9.17, 15) is 25.2 Å². The van der Waals surface area contributed by atoms with Crippen LogP contribution in [0.15, 0.2) is 23.8 Å². The standard InChI is InChI=1S/C26H47NO5/c1-3-4-5-14-23(29)15-9-12-21(17-24(30)19-28)11-6-7-16-25-22(18-26(31)32)13-8-10-20(2)27-25/h9,12,15,20,22-25,27-30H,3-8,10-11,13-14,16-19H2,1-2H3,(H,31,32). The van der Waals surface area contributed by atoms with Crippen molar-refractivity contribution in [1.82, 2.24) is 5.32 Å². The predicted molar refractivity (Wildman–Crippen MR) is 130 cm³/mol. The maximum Gasteiger partial charge on any atom is 0.303 e. The first-order chi connectivity index (χ1) is 15.3. The first-order valence-corrected chi connectivity index (χ1v) is 12.7. The van der Waals surface area contributed by atoms with Crippen LogP contribution in [0.25, 0.3) is 0 Å².